The molecule has 0 aliphatic carbocycles. The predicted molar refractivity (Wildman–Crippen MR) is 62.3 cm³/mol. The van der Waals surface area contributed by atoms with E-state index in [9.17, 15) is 9.50 Å². The molecule has 4 nitrogen and oxygen atoms in total. The average molecular weight is 243 g/mol. The summed E-state index contributed by atoms with van der Waals surface area (Å²) in [6.07, 6.45) is -0.347. The highest BCUT2D eigenvalue weighted by molar-refractivity contribution is 5.34. The molecule has 0 aliphatic heterocycles. The summed E-state index contributed by atoms with van der Waals surface area (Å²) in [5.41, 5.74) is 0.636. The van der Waals surface area contributed by atoms with E-state index in [1.54, 1.807) is 20.3 Å². The normalized spacial score (nSPS) is 13.0. The van der Waals surface area contributed by atoms with Gasteiger partial charge >= 0.3 is 0 Å². The van der Waals surface area contributed by atoms with Gasteiger partial charge in [0.1, 0.15) is 11.6 Å². The number of hydrogen-bond donors (Lipinski definition) is 2. The number of methoxy groups -OCH3 is 2. The van der Waals surface area contributed by atoms with E-state index in [4.69, 9.17) is 9.47 Å². The topological polar surface area (TPSA) is 50.7 Å². The van der Waals surface area contributed by atoms with Crippen molar-refractivity contribution >= 4 is 0 Å². The van der Waals surface area contributed by atoms with Gasteiger partial charge in [0, 0.05) is 38.4 Å². The Kier molecular flexibility index (Phi) is 5.34. The minimum absolute atomic E-state index is 0.0589. The van der Waals surface area contributed by atoms with Gasteiger partial charge in [0.2, 0.25) is 0 Å². The van der Waals surface area contributed by atoms with Crippen LogP contribution >= 0.6 is 0 Å². The zero-order valence-electron chi connectivity index (χ0n) is 10.2. The first-order chi connectivity index (χ1) is 8.08. The molecular weight excluding hydrogens is 225 g/mol. The summed E-state index contributed by atoms with van der Waals surface area (Å²) in [5.74, 6) is -0.513. The van der Waals surface area contributed by atoms with Crippen LogP contribution in [0.4, 0.5) is 4.39 Å². The molecule has 0 aromatic heterocycles. The van der Waals surface area contributed by atoms with Crippen molar-refractivity contribution in [2.45, 2.75) is 19.3 Å². The number of nitrogens with one attached hydrogen (secondary N) is 1. The summed E-state index contributed by atoms with van der Waals surface area (Å²) in [5, 5.41) is 12.7. The van der Waals surface area contributed by atoms with Crippen LogP contribution < -0.4 is 5.32 Å². The van der Waals surface area contributed by atoms with E-state index in [0.717, 1.165) is 6.07 Å². The van der Waals surface area contributed by atoms with Crippen LogP contribution in [-0.4, -0.2) is 32.2 Å². The van der Waals surface area contributed by atoms with Crippen molar-refractivity contribution in [3.63, 3.8) is 0 Å². The second-order valence-electron chi connectivity index (χ2n) is 3.73. The van der Waals surface area contributed by atoms with Crippen LogP contribution in [0.2, 0.25) is 0 Å². The smallest absolute Gasteiger partial charge is 0.169 e. The van der Waals surface area contributed by atoms with Crippen LogP contribution in [0.3, 0.4) is 0 Å². The summed E-state index contributed by atoms with van der Waals surface area (Å²) in [7, 11) is 3.10. The fourth-order valence-corrected chi connectivity index (χ4v) is 1.53. The van der Waals surface area contributed by atoms with Crippen LogP contribution in [0.5, 0.6) is 5.75 Å². The van der Waals surface area contributed by atoms with E-state index < -0.39 is 5.82 Å². The first-order valence-corrected chi connectivity index (χ1v) is 5.36. The molecule has 96 valence electrons. The number of phenols is 1. The molecule has 1 unspecified atom stereocenters. The van der Waals surface area contributed by atoms with Gasteiger partial charge in [-0.25, -0.2) is 4.39 Å². The van der Waals surface area contributed by atoms with Gasteiger partial charge in [-0.05, 0) is 13.0 Å². The number of benzene rings is 1. The molecule has 1 atom stereocenters. The highest BCUT2D eigenvalue weighted by atomic mass is 19.1. The van der Waals surface area contributed by atoms with Crippen molar-refractivity contribution < 1.29 is 19.0 Å². The quantitative estimate of drug-likeness (QED) is 0.748. The Bertz CT molecular complexity index is 356. The van der Waals surface area contributed by atoms with Gasteiger partial charge in [-0.3, -0.25) is 0 Å². The molecule has 0 heterocycles. The summed E-state index contributed by atoms with van der Waals surface area (Å²) in [4.78, 5) is 0. The lowest BCUT2D eigenvalue weighted by Crippen LogP contribution is -2.31. The maximum absolute atomic E-state index is 12.8. The molecule has 1 aromatic carbocycles. The van der Waals surface area contributed by atoms with Crippen molar-refractivity contribution in [2.75, 3.05) is 20.8 Å². The molecule has 5 heteroatoms. The molecule has 1 aromatic rings. The summed E-state index contributed by atoms with van der Waals surface area (Å²) in [6, 6.07) is 3.84. The molecule has 0 radical (unpaired) electrons. The minimum atomic E-state index is -0.454. The van der Waals surface area contributed by atoms with E-state index in [2.05, 4.69) is 5.32 Å². The van der Waals surface area contributed by atoms with Crippen LogP contribution in [0.15, 0.2) is 18.2 Å². The van der Waals surface area contributed by atoms with Gasteiger partial charge in [0.15, 0.2) is 6.29 Å². The summed E-state index contributed by atoms with van der Waals surface area (Å²) < 4.78 is 22.9. The zero-order chi connectivity index (χ0) is 12.8. The van der Waals surface area contributed by atoms with E-state index in [-0.39, 0.29) is 18.1 Å². The molecule has 0 saturated heterocycles. The molecule has 1 rings (SSSR count). The Labute approximate surface area is 100 Å². The van der Waals surface area contributed by atoms with Crippen molar-refractivity contribution in [3.8, 4) is 5.75 Å². The molecule has 0 aliphatic rings. The van der Waals surface area contributed by atoms with Crippen molar-refractivity contribution in [3.05, 3.63) is 29.6 Å². The van der Waals surface area contributed by atoms with Crippen LogP contribution in [0.25, 0.3) is 0 Å². The van der Waals surface area contributed by atoms with Gasteiger partial charge < -0.3 is 19.9 Å². The maximum Gasteiger partial charge on any atom is 0.169 e. The molecule has 17 heavy (non-hydrogen) atoms. The lowest BCUT2D eigenvalue weighted by atomic mass is 10.1. The largest absolute Gasteiger partial charge is 0.508 e. The zero-order valence-corrected chi connectivity index (χ0v) is 10.2. The number of ether oxygens (including phenoxy) is 2. The molecule has 2 N–H and O–H groups in total. The predicted octanol–water partition coefficient (Wildman–Crippen LogP) is 1.80. The van der Waals surface area contributed by atoms with Crippen LogP contribution in [-0.2, 0) is 9.47 Å². The van der Waals surface area contributed by atoms with Gasteiger partial charge in [-0.15, -0.1) is 0 Å². The molecular formula is C12H18FNO3. The van der Waals surface area contributed by atoms with Crippen molar-refractivity contribution in [1.82, 2.24) is 5.32 Å². The van der Waals surface area contributed by atoms with Gasteiger partial charge in [0.05, 0.1) is 0 Å². The Hall–Kier alpha value is -1.17. The Balaban J connectivity index is 2.60. The van der Waals surface area contributed by atoms with Gasteiger partial charge in [0.25, 0.3) is 0 Å². The van der Waals surface area contributed by atoms with Crippen LogP contribution in [0, 0.1) is 5.82 Å². The Morgan fingerprint density at radius 3 is 2.53 bits per heavy atom. The monoisotopic (exact) mass is 243 g/mol. The summed E-state index contributed by atoms with van der Waals surface area (Å²) >= 11 is 0. The second kappa shape index (κ2) is 6.54. The van der Waals surface area contributed by atoms with Crippen molar-refractivity contribution in [1.29, 1.82) is 0 Å². The molecule has 0 fully saturated rings. The van der Waals surface area contributed by atoms with Crippen molar-refractivity contribution in [2.24, 2.45) is 0 Å². The molecule has 0 bridgehead atoms. The molecule has 0 saturated carbocycles. The van der Waals surface area contributed by atoms with E-state index in [1.165, 1.54) is 6.07 Å². The maximum atomic E-state index is 12.8. The van der Waals surface area contributed by atoms with Gasteiger partial charge in [-0.2, -0.15) is 0 Å². The fraction of sp³-hybridized carbons (Fsp3) is 0.500. The lowest BCUT2D eigenvalue weighted by molar-refractivity contribution is -0.0997. The standard InChI is InChI=1S/C12H18FNO3/c1-8(14-7-12(16-2)17-3)10-5-4-9(13)6-11(10)15/h4-6,8,12,14-15H,7H2,1-3H3. The lowest BCUT2D eigenvalue weighted by Gasteiger charge is -2.19. The number of hydrogen-bond acceptors (Lipinski definition) is 4. The fourth-order valence-electron chi connectivity index (χ4n) is 1.53. The molecule has 0 spiro atoms. The third kappa shape index (κ3) is 3.96. The van der Waals surface area contributed by atoms with Crippen LogP contribution in [0.1, 0.15) is 18.5 Å². The third-order valence-corrected chi connectivity index (χ3v) is 2.58. The minimum Gasteiger partial charge on any atom is -0.508 e. The number of halogens is 1. The highest BCUT2D eigenvalue weighted by Crippen LogP contribution is 2.24. The number of aromatic hydroxyl groups is 1. The Morgan fingerprint density at radius 2 is 2.00 bits per heavy atom. The van der Waals surface area contributed by atoms with E-state index in [0.29, 0.717) is 12.1 Å². The third-order valence-electron chi connectivity index (χ3n) is 2.58. The Morgan fingerprint density at radius 1 is 1.35 bits per heavy atom. The highest BCUT2D eigenvalue weighted by Gasteiger charge is 2.13. The first-order valence-electron chi connectivity index (χ1n) is 5.36. The molecule has 0 amide bonds. The number of phenolic OH excluding ortho intramolecular Hbond substituents is 1. The first kappa shape index (κ1) is 13.9. The van der Waals surface area contributed by atoms with Gasteiger partial charge in [-0.1, -0.05) is 6.07 Å². The SMILES string of the molecule is COC(CNC(C)c1ccc(F)cc1O)OC. The second-order valence-corrected chi connectivity index (χ2v) is 3.73. The van der Waals surface area contributed by atoms with E-state index in [1.807, 2.05) is 6.92 Å². The average Bonchev–Trinajstić information content (AvgIpc) is 2.30. The summed E-state index contributed by atoms with van der Waals surface area (Å²) in [6.45, 7) is 2.35. The van der Waals surface area contributed by atoms with E-state index >= 15 is 0 Å². The number of rotatable bonds is 6.